The Hall–Kier alpha value is -4.49. The molecule has 3 aromatic carbocycles. The lowest BCUT2D eigenvalue weighted by Gasteiger charge is -2.45. The fourth-order valence-corrected chi connectivity index (χ4v) is 10.9. The van der Waals surface area contributed by atoms with Crippen LogP contribution < -0.4 is 20.5 Å². The van der Waals surface area contributed by atoms with Crippen molar-refractivity contribution in [3.05, 3.63) is 118 Å². The van der Waals surface area contributed by atoms with Crippen LogP contribution in [0.5, 0.6) is 11.5 Å². The zero-order chi connectivity index (χ0) is 46.3. The van der Waals surface area contributed by atoms with Crippen molar-refractivity contribution in [2.75, 3.05) is 26.1 Å². The maximum absolute atomic E-state index is 14.2. The number of nitriles is 1. The minimum absolute atomic E-state index is 0.0606. The van der Waals surface area contributed by atoms with Gasteiger partial charge >= 0.3 is 5.69 Å². The average molecular weight is 902 g/mol. The predicted octanol–water partition coefficient (Wildman–Crippen LogP) is 8.56. The summed E-state index contributed by atoms with van der Waals surface area (Å²) in [7, 11) is -1.52. The molecule has 0 spiro atoms. The van der Waals surface area contributed by atoms with Crippen molar-refractivity contribution >= 4 is 28.6 Å². The van der Waals surface area contributed by atoms with E-state index in [-0.39, 0.29) is 41.9 Å². The molecule has 63 heavy (non-hydrogen) atoms. The van der Waals surface area contributed by atoms with Gasteiger partial charge in [0.15, 0.2) is 14.5 Å². The Morgan fingerprint density at radius 1 is 0.921 bits per heavy atom. The van der Waals surface area contributed by atoms with Gasteiger partial charge in [-0.1, -0.05) is 75.4 Å². The average Bonchev–Trinajstić information content (AvgIpc) is 3.57. The summed E-state index contributed by atoms with van der Waals surface area (Å²) < 4.78 is 43.0. The molecule has 0 aliphatic carbocycles. The van der Waals surface area contributed by atoms with Gasteiger partial charge in [-0.25, -0.2) is 9.46 Å². The van der Waals surface area contributed by atoms with Crippen LogP contribution in [-0.4, -0.2) is 90.9 Å². The van der Waals surface area contributed by atoms with Crippen LogP contribution in [0.25, 0.3) is 0 Å². The second kappa shape index (κ2) is 21.0. The van der Waals surface area contributed by atoms with Gasteiger partial charge in [-0.15, -0.1) is 0 Å². The van der Waals surface area contributed by atoms with Gasteiger partial charge < -0.3 is 38.1 Å². The largest absolute Gasteiger partial charge is 0.497 e. The number of amides is 1. The first-order valence-electron chi connectivity index (χ1n) is 21.3. The number of ether oxygens (including phenoxy) is 3. The summed E-state index contributed by atoms with van der Waals surface area (Å²) in [6.07, 6.45) is -4.32. The van der Waals surface area contributed by atoms with Crippen molar-refractivity contribution in [2.45, 2.75) is 128 Å². The highest BCUT2D eigenvalue weighted by Crippen LogP contribution is 2.54. The molecular formula is C47H64N5O9PSi. The molecule has 2 N–H and O–H groups in total. The molecule has 6 atom stereocenters. The predicted molar refractivity (Wildman–Crippen MR) is 247 cm³/mol. The Bertz CT molecular complexity index is 2160. The van der Waals surface area contributed by atoms with Crippen LogP contribution in [0.1, 0.15) is 84.7 Å². The highest BCUT2D eigenvalue weighted by molar-refractivity contribution is 7.44. The van der Waals surface area contributed by atoms with E-state index in [9.17, 15) is 20.0 Å². The summed E-state index contributed by atoms with van der Waals surface area (Å²) in [4.78, 5) is 30.4. The maximum atomic E-state index is 14.2. The Kier molecular flexibility index (Phi) is 16.5. The van der Waals surface area contributed by atoms with E-state index in [1.807, 2.05) is 107 Å². The SMILES string of the molecule is COc1ccc(C(c2ccccc2)(c2ccc(OC)cc2)C(O)[C@H]2O[C@@H](n3ccc(NC(C)=O)nc3=O)[C@H](O[Si](C)(C)C(C)(C)C)[C@@H]2OP(OCCC#N)N(C(C)C)C(C)C)cc1. The van der Waals surface area contributed by atoms with Gasteiger partial charge in [0.1, 0.15) is 41.7 Å². The second-order valence-electron chi connectivity index (χ2n) is 17.7. The fourth-order valence-electron chi connectivity index (χ4n) is 7.83. The number of methoxy groups -OCH3 is 2. The molecule has 1 aliphatic rings. The number of carbonyl (C=O) groups excluding carboxylic acids is 1. The van der Waals surface area contributed by atoms with Gasteiger partial charge in [-0.2, -0.15) is 10.2 Å². The van der Waals surface area contributed by atoms with Crippen molar-refractivity contribution in [3.8, 4) is 17.6 Å². The molecule has 1 aromatic heterocycles. The Labute approximate surface area is 374 Å². The molecule has 2 unspecified atom stereocenters. The highest BCUT2D eigenvalue weighted by atomic mass is 31.2. The van der Waals surface area contributed by atoms with Gasteiger partial charge in [0.2, 0.25) is 5.91 Å². The number of nitrogens with zero attached hydrogens (tertiary/aromatic N) is 4. The number of carbonyl (C=O) groups is 1. The van der Waals surface area contributed by atoms with E-state index in [4.69, 9.17) is 27.7 Å². The van der Waals surface area contributed by atoms with Crippen molar-refractivity contribution < 1.29 is 37.6 Å². The molecule has 0 radical (unpaired) electrons. The van der Waals surface area contributed by atoms with Crippen LogP contribution in [0.3, 0.4) is 0 Å². The van der Waals surface area contributed by atoms with Crippen LogP contribution in [-0.2, 0) is 28.4 Å². The molecule has 2 heterocycles. The molecule has 1 saturated heterocycles. The molecule has 1 aliphatic heterocycles. The number of hydrogen-bond donors (Lipinski definition) is 2. The second-order valence-corrected chi connectivity index (χ2v) is 23.9. The topological polar surface area (TPSA) is 167 Å². The van der Waals surface area contributed by atoms with Gasteiger partial charge in [0.25, 0.3) is 8.53 Å². The quantitative estimate of drug-likeness (QED) is 0.0399. The lowest BCUT2D eigenvalue weighted by atomic mass is 9.64. The van der Waals surface area contributed by atoms with Crippen molar-refractivity contribution in [3.63, 3.8) is 0 Å². The molecule has 5 rings (SSSR count). The summed E-state index contributed by atoms with van der Waals surface area (Å²) in [6, 6.07) is 28.4. The standard InChI is InChI=1S/C47H64N5O9PSi/c1-31(2)52(32(3)4)62(58-30-16-28-48)60-40-41(59-44(42(40)61-63(11,12)46(6,7)8)51-29-27-39(49-33(5)53)50-45(51)55)43(54)47(34-17-14-13-15-18-34,35-19-23-37(56-9)24-20-35)36-21-25-38(57-10)26-22-36/h13-15,17-27,29,31-32,40-44,54H,16,30H2,1-12H3,(H,49,50,53,55)/t40-,41+,42-,43?,44-,62?/m1/s1. The molecular weight excluding hydrogens is 838 g/mol. The normalized spacial score (nSPS) is 19.2. The van der Waals surface area contributed by atoms with E-state index in [1.165, 1.54) is 23.8 Å². The summed E-state index contributed by atoms with van der Waals surface area (Å²) in [5, 5.41) is 25.7. The van der Waals surface area contributed by atoms with Crippen LogP contribution in [0, 0.1) is 11.3 Å². The van der Waals surface area contributed by atoms with Crippen molar-refractivity contribution in [1.29, 1.82) is 5.26 Å². The lowest BCUT2D eigenvalue weighted by molar-refractivity contribution is -0.114. The molecule has 0 saturated carbocycles. The first-order chi connectivity index (χ1) is 29.8. The smallest absolute Gasteiger partial charge is 0.351 e. The van der Waals surface area contributed by atoms with Crippen molar-refractivity contribution in [1.82, 2.24) is 14.2 Å². The highest BCUT2D eigenvalue weighted by Gasteiger charge is 2.59. The third kappa shape index (κ3) is 10.9. The number of benzene rings is 3. The zero-order valence-corrected chi connectivity index (χ0v) is 40.5. The first-order valence-corrected chi connectivity index (χ1v) is 25.3. The number of aromatic nitrogens is 2. The Balaban J connectivity index is 1.87. The molecule has 340 valence electrons. The number of nitrogens with one attached hydrogen (secondary N) is 1. The van der Waals surface area contributed by atoms with Gasteiger partial charge in [0.05, 0.1) is 38.7 Å². The van der Waals surface area contributed by atoms with Crippen LogP contribution in [0.2, 0.25) is 18.1 Å². The summed E-state index contributed by atoms with van der Waals surface area (Å²) in [6.45, 7) is 20.2. The molecule has 14 nitrogen and oxygen atoms in total. The van der Waals surface area contributed by atoms with Gasteiger partial charge in [0, 0.05) is 25.2 Å². The van der Waals surface area contributed by atoms with E-state index >= 15 is 0 Å². The van der Waals surface area contributed by atoms with Crippen molar-refractivity contribution in [2.24, 2.45) is 0 Å². The zero-order valence-electron chi connectivity index (χ0n) is 38.6. The number of hydrogen-bond acceptors (Lipinski definition) is 12. The maximum Gasteiger partial charge on any atom is 0.351 e. The first kappa shape index (κ1) is 49.5. The lowest BCUT2D eigenvalue weighted by Crippen LogP contribution is -2.55. The monoisotopic (exact) mass is 901 g/mol. The van der Waals surface area contributed by atoms with E-state index in [0.717, 1.165) is 16.7 Å². The van der Waals surface area contributed by atoms with Crippen LogP contribution in [0.4, 0.5) is 5.82 Å². The van der Waals surface area contributed by atoms with E-state index < -0.39 is 58.6 Å². The Morgan fingerprint density at radius 2 is 1.46 bits per heavy atom. The number of aliphatic hydroxyl groups is 1. The van der Waals surface area contributed by atoms with Crippen LogP contribution in [0.15, 0.2) is 95.9 Å². The van der Waals surface area contributed by atoms with E-state index in [1.54, 1.807) is 14.2 Å². The Morgan fingerprint density at radius 3 is 1.92 bits per heavy atom. The summed E-state index contributed by atoms with van der Waals surface area (Å²) >= 11 is 0. The molecule has 1 fully saturated rings. The van der Waals surface area contributed by atoms with Gasteiger partial charge in [-0.3, -0.25) is 9.36 Å². The summed E-state index contributed by atoms with van der Waals surface area (Å²) in [5.74, 6) is 0.951. The minimum Gasteiger partial charge on any atom is -0.497 e. The third-order valence-electron chi connectivity index (χ3n) is 11.8. The fraction of sp³-hybridized carbons (Fsp3) is 0.489. The molecule has 4 aromatic rings. The number of anilines is 1. The third-order valence-corrected chi connectivity index (χ3v) is 18.4. The van der Waals surface area contributed by atoms with E-state index in [2.05, 4.69) is 54.9 Å². The molecule has 16 heteroatoms. The van der Waals surface area contributed by atoms with Gasteiger partial charge in [-0.05, 0) is 92.8 Å². The molecule has 0 bridgehead atoms. The van der Waals surface area contributed by atoms with E-state index in [0.29, 0.717) is 11.5 Å². The van der Waals surface area contributed by atoms with Crippen LogP contribution >= 0.6 is 8.53 Å². The molecule has 1 amide bonds. The number of aliphatic hydroxyl groups excluding tert-OH is 1. The minimum atomic E-state index is -2.77. The number of rotatable bonds is 19. The summed E-state index contributed by atoms with van der Waals surface area (Å²) in [5.41, 5.74) is 0.120.